The fourth-order valence-electron chi connectivity index (χ4n) is 3.43. The second-order valence-electron chi connectivity index (χ2n) is 7.86. The van der Waals surface area contributed by atoms with Crippen LogP contribution >= 0.6 is 24.0 Å². The maximum Gasteiger partial charge on any atom is 0.243 e. The molecule has 30 heavy (non-hydrogen) atoms. The molecule has 2 fully saturated rings. The van der Waals surface area contributed by atoms with Gasteiger partial charge in [0, 0.05) is 53.5 Å². The zero-order chi connectivity index (χ0) is 21.1. The number of amides is 2. The van der Waals surface area contributed by atoms with Crippen LogP contribution in [0.4, 0.5) is 0 Å². The highest BCUT2D eigenvalue weighted by Crippen LogP contribution is 2.13. The molecular formula is C20H38IN5O4. The largest absolute Gasteiger partial charge is 0.384 e. The van der Waals surface area contributed by atoms with Gasteiger partial charge in [0.2, 0.25) is 11.8 Å². The van der Waals surface area contributed by atoms with Crippen LogP contribution in [0.2, 0.25) is 0 Å². The van der Waals surface area contributed by atoms with Crippen LogP contribution < -0.4 is 10.6 Å². The van der Waals surface area contributed by atoms with Crippen molar-refractivity contribution < 1.29 is 19.1 Å². The Kier molecular flexibility index (Phi) is 13.3. The Bertz CT molecular complexity index is 547. The maximum atomic E-state index is 12.1. The Morgan fingerprint density at radius 2 is 1.93 bits per heavy atom. The minimum absolute atomic E-state index is 0. The lowest BCUT2D eigenvalue weighted by Crippen LogP contribution is -2.51. The molecule has 2 aliphatic rings. The van der Waals surface area contributed by atoms with Crippen molar-refractivity contribution in [1.29, 1.82) is 0 Å². The van der Waals surface area contributed by atoms with E-state index in [-0.39, 0.29) is 54.5 Å². The molecule has 0 aromatic heterocycles. The average Bonchev–Trinajstić information content (AvgIpc) is 2.74. The molecule has 2 amide bonds. The predicted molar refractivity (Wildman–Crippen MR) is 127 cm³/mol. The van der Waals surface area contributed by atoms with Crippen LogP contribution in [0.3, 0.4) is 0 Å². The van der Waals surface area contributed by atoms with Crippen molar-refractivity contribution in [2.24, 2.45) is 4.99 Å². The molecule has 0 bridgehead atoms. The number of hydrogen-bond donors (Lipinski definition) is 2. The lowest BCUT2D eigenvalue weighted by molar-refractivity contribution is -0.133. The van der Waals surface area contributed by atoms with Crippen molar-refractivity contribution in [3.8, 4) is 0 Å². The van der Waals surface area contributed by atoms with Crippen molar-refractivity contribution in [2.45, 2.75) is 50.7 Å². The number of carbonyl (C=O) groups excluding carboxylic acids is 2. The van der Waals surface area contributed by atoms with Gasteiger partial charge < -0.3 is 29.9 Å². The van der Waals surface area contributed by atoms with Gasteiger partial charge in [0.25, 0.3) is 0 Å². The summed E-state index contributed by atoms with van der Waals surface area (Å²) >= 11 is 0. The van der Waals surface area contributed by atoms with E-state index in [4.69, 9.17) is 9.47 Å². The number of nitrogens with zero attached hydrogens (tertiary/aromatic N) is 3. The summed E-state index contributed by atoms with van der Waals surface area (Å²) in [6, 6.07) is 0.217. The molecule has 10 heteroatoms. The molecule has 9 nitrogen and oxygen atoms in total. The minimum Gasteiger partial charge on any atom is -0.384 e. The topological polar surface area (TPSA) is 95.5 Å². The molecule has 0 aromatic carbocycles. The number of guanidine groups is 1. The highest BCUT2D eigenvalue weighted by Gasteiger charge is 2.23. The van der Waals surface area contributed by atoms with Crippen molar-refractivity contribution in [1.82, 2.24) is 20.4 Å². The number of aliphatic imine (C=N–C) groups is 1. The van der Waals surface area contributed by atoms with Gasteiger partial charge in [0.15, 0.2) is 5.96 Å². The van der Waals surface area contributed by atoms with Crippen molar-refractivity contribution in [3.05, 3.63) is 0 Å². The number of likely N-dealkylation sites (N-methyl/N-ethyl adjacent to an activating group) is 1. The number of halogens is 1. The Morgan fingerprint density at radius 3 is 2.53 bits per heavy atom. The van der Waals surface area contributed by atoms with E-state index >= 15 is 0 Å². The molecule has 0 radical (unpaired) electrons. The van der Waals surface area contributed by atoms with Gasteiger partial charge in [-0.2, -0.15) is 0 Å². The lowest BCUT2D eigenvalue weighted by atomic mass is 10.0. The number of hydrogen-bond acceptors (Lipinski definition) is 5. The quantitative estimate of drug-likeness (QED) is 0.270. The van der Waals surface area contributed by atoms with Crippen molar-refractivity contribution in [3.63, 3.8) is 0 Å². The summed E-state index contributed by atoms with van der Waals surface area (Å²) in [4.78, 5) is 32.0. The van der Waals surface area contributed by atoms with E-state index in [0.29, 0.717) is 25.5 Å². The second kappa shape index (κ2) is 14.8. The van der Waals surface area contributed by atoms with Gasteiger partial charge in [-0.15, -0.1) is 24.0 Å². The third kappa shape index (κ3) is 9.78. The number of piperidine rings is 1. The lowest BCUT2D eigenvalue weighted by Gasteiger charge is -2.33. The zero-order valence-electron chi connectivity index (χ0n) is 18.5. The van der Waals surface area contributed by atoms with Crippen LogP contribution in [0.5, 0.6) is 0 Å². The molecule has 1 unspecified atom stereocenters. The Balaban J connectivity index is 0.00000450. The van der Waals surface area contributed by atoms with Crippen LogP contribution in [0, 0.1) is 0 Å². The number of likely N-dealkylation sites (tertiary alicyclic amines) is 1. The fraction of sp³-hybridized carbons (Fsp3) is 0.850. The van der Waals surface area contributed by atoms with E-state index < -0.39 is 0 Å². The maximum absolute atomic E-state index is 12.1. The minimum atomic E-state index is -0.0430. The van der Waals surface area contributed by atoms with Crippen molar-refractivity contribution >= 4 is 41.8 Å². The highest BCUT2D eigenvalue weighted by molar-refractivity contribution is 14.0. The first kappa shape index (κ1) is 26.9. The molecule has 174 valence electrons. The van der Waals surface area contributed by atoms with E-state index in [1.54, 1.807) is 21.2 Å². The first-order chi connectivity index (χ1) is 14.0. The first-order valence-electron chi connectivity index (χ1n) is 10.6. The van der Waals surface area contributed by atoms with Crippen LogP contribution in [-0.4, -0.2) is 100 Å². The van der Waals surface area contributed by atoms with E-state index in [9.17, 15) is 9.59 Å². The Morgan fingerprint density at radius 1 is 1.20 bits per heavy atom. The summed E-state index contributed by atoms with van der Waals surface area (Å²) in [5, 5.41) is 6.78. The Hall–Kier alpha value is -1.14. The summed E-state index contributed by atoms with van der Waals surface area (Å²) in [5.74, 6) is 0.737. The predicted octanol–water partition coefficient (Wildman–Crippen LogP) is 0.824. The SMILES string of the molecule is COCCC(=O)N1CCC(NC(=NCC(=O)N(C)C)NCC2CCCCO2)CC1.I. The van der Waals surface area contributed by atoms with Gasteiger partial charge in [-0.05, 0) is 32.1 Å². The standard InChI is InChI=1S/C20H37N5O4.HI/c1-24(2)19(27)15-22-20(21-14-17-6-4-5-12-29-17)23-16-7-10-25(11-8-16)18(26)9-13-28-3;/h16-17H,4-15H2,1-3H3,(H2,21,22,23);1H. The van der Waals surface area contributed by atoms with Crippen LogP contribution in [-0.2, 0) is 19.1 Å². The number of methoxy groups -OCH3 is 1. The molecule has 2 aliphatic heterocycles. The smallest absolute Gasteiger partial charge is 0.243 e. The Labute approximate surface area is 197 Å². The fourth-order valence-corrected chi connectivity index (χ4v) is 3.43. The molecule has 0 saturated carbocycles. The van der Waals surface area contributed by atoms with Gasteiger partial charge in [0.1, 0.15) is 6.54 Å². The molecule has 2 heterocycles. The van der Waals surface area contributed by atoms with Gasteiger partial charge in [-0.1, -0.05) is 0 Å². The number of nitrogens with one attached hydrogen (secondary N) is 2. The van der Waals surface area contributed by atoms with E-state index in [0.717, 1.165) is 45.4 Å². The van der Waals surface area contributed by atoms with E-state index in [2.05, 4.69) is 15.6 Å². The molecule has 1 atom stereocenters. The molecule has 0 aromatic rings. The molecule has 2 N–H and O–H groups in total. The monoisotopic (exact) mass is 539 g/mol. The van der Waals surface area contributed by atoms with Crippen LogP contribution in [0.25, 0.3) is 0 Å². The normalized spacial score (nSPS) is 20.3. The molecule has 0 aliphatic carbocycles. The second-order valence-corrected chi connectivity index (χ2v) is 7.86. The van der Waals surface area contributed by atoms with Gasteiger partial charge in [-0.3, -0.25) is 9.59 Å². The summed E-state index contributed by atoms with van der Waals surface area (Å²) in [6.07, 6.45) is 5.65. The van der Waals surface area contributed by atoms with Crippen LogP contribution in [0.15, 0.2) is 4.99 Å². The third-order valence-electron chi connectivity index (χ3n) is 5.35. The highest BCUT2D eigenvalue weighted by atomic mass is 127. The van der Waals surface area contributed by atoms with E-state index in [1.807, 2.05) is 4.90 Å². The zero-order valence-corrected chi connectivity index (χ0v) is 20.9. The van der Waals surface area contributed by atoms with Gasteiger partial charge in [0.05, 0.1) is 19.1 Å². The average molecular weight is 539 g/mol. The van der Waals surface area contributed by atoms with Gasteiger partial charge >= 0.3 is 0 Å². The van der Waals surface area contributed by atoms with Crippen LogP contribution in [0.1, 0.15) is 38.5 Å². The molecular weight excluding hydrogens is 501 g/mol. The molecule has 2 rings (SSSR count). The summed E-state index contributed by atoms with van der Waals surface area (Å²) in [6.45, 7) is 3.48. The van der Waals surface area contributed by atoms with E-state index in [1.165, 1.54) is 11.3 Å². The summed E-state index contributed by atoms with van der Waals surface area (Å²) in [7, 11) is 5.06. The summed E-state index contributed by atoms with van der Waals surface area (Å²) < 4.78 is 10.8. The van der Waals surface area contributed by atoms with Gasteiger partial charge in [-0.25, -0.2) is 4.99 Å². The summed E-state index contributed by atoms with van der Waals surface area (Å²) in [5.41, 5.74) is 0. The number of rotatable bonds is 8. The first-order valence-corrected chi connectivity index (χ1v) is 10.6. The number of carbonyl (C=O) groups is 2. The molecule has 0 spiro atoms. The third-order valence-corrected chi connectivity index (χ3v) is 5.35. The van der Waals surface area contributed by atoms with Crippen molar-refractivity contribution in [2.75, 3.05) is 60.6 Å². The molecule has 2 saturated heterocycles. The number of ether oxygens (including phenoxy) is 2.